The topological polar surface area (TPSA) is 45.5 Å². The molecule has 0 aliphatic rings. The molecule has 0 N–H and O–H groups in total. The van der Waals surface area contributed by atoms with Crippen molar-refractivity contribution >= 4 is 87.2 Å². The van der Waals surface area contributed by atoms with Crippen LogP contribution in [0.5, 0.6) is 0 Å². The Bertz CT molecular complexity index is 5970. The van der Waals surface area contributed by atoms with Crippen molar-refractivity contribution in [1.82, 2.24) is 28.2 Å². The average Bonchev–Trinajstić information content (AvgIpc) is 1.65. The zero-order valence-corrected chi connectivity index (χ0v) is 50.5. The summed E-state index contributed by atoms with van der Waals surface area (Å²) in [6, 6.07) is 109. The number of hydrogen-bond donors (Lipinski definition) is 0. The number of rotatable bonds is 9. The molecule has 91 heavy (non-hydrogen) atoms. The van der Waals surface area contributed by atoms with Gasteiger partial charge in [-0.2, -0.15) is 0 Å². The fourth-order valence-corrected chi connectivity index (χ4v) is 14.9. The monoisotopic (exact) mass is 1160 g/mol. The van der Waals surface area contributed by atoms with Crippen LogP contribution in [0.25, 0.3) is 166 Å². The predicted octanol–water partition coefficient (Wildman–Crippen LogP) is 22.1. The minimum Gasteiger partial charge on any atom is -0.309 e. The quantitative estimate of drug-likeness (QED) is 0.145. The lowest BCUT2D eigenvalue weighted by Gasteiger charge is -2.15. The van der Waals surface area contributed by atoms with E-state index in [9.17, 15) is 0 Å². The van der Waals surface area contributed by atoms with Crippen LogP contribution in [0.4, 0.5) is 0 Å². The van der Waals surface area contributed by atoms with Crippen LogP contribution in [0.3, 0.4) is 0 Å². The van der Waals surface area contributed by atoms with Gasteiger partial charge in [-0.05, 0) is 187 Å². The molecule has 18 aromatic rings. The molecule has 6 heteroatoms. The van der Waals surface area contributed by atoms with Crippen LogP contribution in [0, 0.1) is 20.8 Å². The second kappa shape index (κ2) is 20.6. The van der Waals surface area contributed by atoms with Gasteiger partial charge in [-0.15, -0.1) is 0 Å². The van der Waals surface area contributed by atoms with Crippen molar-refractivity contribution in [1.29, 1.82) is 0 Å². The second-order valence-corrected chi connectivity index (χ2v) is 24.4. The number of hydrogen-bond acceptors (Lipinski definition) is 2. The lowest BCUT2D eigenvalue weighted by Crippen LogP contribution is -2.04. The highest BCUT2D eigenvalue weighted by Gasteiger charge is 2.22. The molecular weight excluding hydrogens is 1100 g/mol. The molecule has 13 aromatic carbocycles. The molecule has 0 saturated carbocycles. The zero-order valence-electron chi connectivity index (χ0n) is 50.5. The third-order valence-corrected chi connectivity index (χ3v) is 18.8. The van der Waals surface area contributed by atoms with E-state index in [1.807, 2.05) is 0 Å². The first kappa shape index (κ1) is 52.3. The normalized spacial score (nSPS) is 11.9. The molecule has 0 amide bonds. The fourth-order valence-electron chi connectivity index (χ4n) is 14.9. The summed E-state index contributed by atoms with van der Waals surface area (Å²) >= 11 is 0. The van der Waals surface area contributed by atoms with Gasteiger partial charge in [0.05, 0.1) is 55.5 Å². The number of aromatic nitrogens is 6. The molecule has 0 bridgehead atoms. The van der Waals surface area contributed by atoms with E-state index in [1.165, 1.54) is 87.8 Å². The molecule has 428 valence electrons. The van der Waals surface area contributed by atoms with Gasteiger partial charge in [0.2, 0.25) is 5.95 Å². The van der Waals surface area contributed by atoms with Crippen molar-refractivity contribution in [3.63, 3.8) is 0 Å². The van der Waals surface area contributed by atoms with E-state index in [4.69, 9.17) is 9.97 Å². The van der Waals surface area contributed by atoms with Gasteiger partial charge >= 0.3 is 0 Å². The first-order valence-corrected chi connectivity index (χ1v) is 31.3. The van der Waals surface area contributed by atoms with Crippen molar-refractivity contribution in [3.8, 4) is 78.9 Å². The fraction of sp³-hybridized carbons (Fsp3) is 0.0353. The summed E-state index contributed by atoms with van der Waals surface area (Å²) in [4.78, 5) is 11.3. The Balaban J connectivity index is 0.785. The smallest absolute Gasteiger partial charge is 0.235 e. The standard InChI is InChI=1S/C85H58N6/c1-53-44-54(2)84(55(3)45-53)62-22-18-20-60(46-62)74-52-75(87-85(86-74)91-79-35-17-13-31-69(79)73-51-59(39-43-83(73)91)57-37-41-81-71(49-57)67-29-11-15-33-77(67)89(81)64-25-8-5-9-26-64)61-21-19-27-65(47-61)90-78-34-16-12-30-68(78)72-50-58(38-42-82(72)90)56-36-40-80-70(48-56)66-28-10-14-32-76(66)88(80)63-23-6-4-7-24-63/h4-52H,1-3H3. The summed E-state index contributed by atoms with van der Waals surface area (Å²) in [6.07, 6.45) is 0. The Morgan fingerprint density at radius 3 is 0.989 bits per heavy atom. The Morgan fingerprint density at radius 2 is 0.549 bits per heavy atom. The summed E-state index contributed by atoms with van der Waals surface area (Å²) in [7, 11) is 0. The van der Waals surface area contributed by atoms with Gasteiger partial charge in [0.25, 0.3) is 0 Å². The molecule has 18 rings (SSSR count). The van der Waals surface area contributed by atoms with Gasteiger partial charge in [0.15, 0.2) is 0 Å². The van der Waals surface area contributed by atoms with Crippen molar-refractivity contribution in [3.05, 3.63) is 314 Å². The maximum atomic E-state index is 5.65. The summed E-state index contributed by atoms with van der Waals surface area (Å²) in [6.45, 7) is 6.61. The van der Waals surface area contributed by atoms with Crippen LogP contribution < -0.4 is 0 Å². The summed E-state index contributed by atoms with van der Waals surface area (Å²) in [5, 5.41) is 9.59. The Hall–Kier alpha value is -11.9. The van der Waals surface area contributed by atoms with Gasteiger partial charge in [-0.3, -0.25) is 4.57 Å². The molecule has 6 nitrogen and oxygen atoms in total. The molecule has 0 radical (unpaired) electrons. The molecule has 0 fully saturated rings. The number of nitrogens with zero attached hydrogens (tertiary/aromatic N) is 6. The van der Waals surface area contributed by atoms with Crippen LogP contribution in [-0.4, -0.2) is 28.2 Å². The third kappa shape index (κ3) is 8.41. The largest absolute Gasteiger partial charge is 0.309 e. The second-order valence-electron chi connectivity index (χ2n) is 24.4. The summed E-state index contributed by atoms with van der Waals surface area (Å²) < 4.78 is 9.43. The molecule has 0 aliphatic carbocycles. The lowest BCUT2D eigenvalue weighted by atomic mass is 9.92. The van der Waals surface area contributed by atoms with Gasteiger partial charge in [-0.25, -0.2) is 9.97 Å². The number of benzene rings is 13. The van der Waals surface area contributed by atoms with E-state index in [0.29, 0.717) is 5.95 Å². The highest BCUT2D eigenvalue weighted by molar-refractivity contribution is 6.15. The number of para-hydroxylation sites is 6. The minimum absolute atomic E-state index is 0.604. The first-order chi connectivity index (χ1) is 44.8. The summed E-state index contributed by atoms with van der Waals surface area (Å²) in [5.41, 5.74) is 27.0. The van der Waals surface area contributed by atoms with Crippen molar-refractivity contribution in [2.75, 3.05) is 0 Å². The maximum Gasteiger partial charge on any atom is 0.235 e. The van der Waals surface area contributed by atoms with Crippen molar-refractivity contribution < 1.29 is 0 Å². The van der Waals surface area contributed by atoms with E-state index in [-0.39, 0.29) is 0 Å². The van der Waals surface area contributed by atoms with E-state index >= 15 is 0 Å². The van der Waals surface area contributed by atoms with E-state index in [1.54, 1.807) is 0 Å². The highest BCUT2D eigenvalue weighted by Crippen LogP contribution is 2.43. The van der Waals surface area contributed by atoms with Gasteiger partial charge < -0.3 is 13.7 Å². The van der Waals surface area contributed by atoms with Crippen molar-refractivity contribution in [2.45, 2.75) is 20.8 Å². The third-order valence-electron chi connectivity index (χ3n) is 18.8. The molecule has 5 aromatic heterocycles. The van der Waals surface area contributed by atoms with E-state index in [0.717, 1.165) is 89.1 Å². The van der Waals surface area contributed by atoms with Gasteiger partial charge in [-0.1, -0.05) is 181 Å². The van der Waals surface area contributed by atoms with E-state index in [2.05, 4.69) is 336 Å². The zero-order chi connectivity index (χ0) is 60.4. The molecule has 0 aliphatic heterocycles. The van der Waals surface area contributed by atoms with Gasteiger partial charge in [0.1, 0.15) is 0 Å². The Kier molecular flexibility index (Phi) is 11.9. The molecule has 5 heterocycles. The van der Waals surface area contributed by atoms with Crippen LogP contribution in [0.2, 0.25) is 0 Å². The molecule has 0 spiro atoms. The van der Waals surface area contributed by atoms with Crippen LogP contribution in [0.15, 0.2) is 297 Å². The Morgan fingerprint density at radius 1 is 0.220 bits per heavy atom. The molecule has 0 saturated heterocycles. The first-order valence-electron chi connectivity index (χ1n) is 31.3. The lowest BCUT2D eigenvalue weighted by molar-refractivity contribution is 0.995. The number of aryl methyl sites for hydroxylation is 3. The number of fused-ring (bicyclic) bond motifs is 12. The van der Waals surface area contributed by atoms with Crippen LogP contribution >= 0.6 is 0 Å². The molecule has 0 atom stereocenters. The Labute approximate surface area is 526 Å². The summed E-state index contributed by atoms with van der Waals surface area (Å²) in [5.74, 6) is 0.604. The maximum absolute atomic E-state index is 5.65. The van der Waals surface area contributed by atoms with Crippen molar-refractivity contribution in [2.24, 2.45) is 0 Å². The highest BCUT2D eigenvalue weighted by atomic mass is 15.2. The van der Waals surface area contributed by atoms with Crippen LogP contribution in [0.1, 0.15) is 16.7 Å². The predicted molar refractivity (Wildman–Crippen MR) is 381 cm³/mol. The van der Waals surface area contributed by atoms with Gasteiger partial charge in [0, 0.05) is 71.3 Å². The molecule has 0 unspecified atom stereocenters. The minimum atomic E-state index is 0.604. The molecular formula is C85H58N6. The van der Waals surface area contributed by atoms with E-state index < -0.39 is 0 Å². The van der Waals surface area contributed by atoms with Crippen LogP contribution in [-0.2, 0) is 0 Å². The SMILES string of the molecule is Cc1cc(C)c(-c2cccc(-c3cc(-c4cccc(-n5c6ccccc6c6cc(-c7ccc8c(c7)c7ccccc7n8-c7ccccc7)ccc65)c4)nc(-n4c5ccccc5c5cc(-c6ccc7c(c6)c6ccccc6n7-c6ccccc6)ccc54)n3)c2)c(C)c1. The average molecular weight is 1160 g/mol.